The Morgan fingerprint density at radius 1 is 1.23 bits per heavy atom. The van der Waals surface area contributed by atoms with E-state index in [4.69, 9.17) is 4.74 Å². The van der Waals surface area contributed by atoms with Crippen LogP contribution in [0.3, 0.4) is 0 Å². The third-order valence-electron chi connectivity index (χ3n) is 5.86. The molecule has 1 aliphatic carbocycles. The molecular formula is C23H35FN4O2. The minimum atomic E-state index is -0.366. The van der Waals surface area contributed by atoms with Gasteiger partial charge in [-0.2, -0.15) is 0 Å². The van der Waals surface area contributed by atoms with Crippen molar-refractivity contribution in [2.24, 2.45) is 10.9 Å². The molecule has 166 valence electrons. The summed E-state index contributed by atoms with van der Waals surface area (Å²) in [6.07, 6.45) is 6.60. The number of guanidine groups is 1. The van der Waals surface area contributed by atoms with E-state index in [0.29, 0.717) is 25.0 Å². The molecule has 0 aromatic heterocycles. The minimum Gasteiger partial charge on any atom is -0.491 e. The molecule has 1 amide bonds. The van der Waals surface area contributed by atoms with Crippen molar-refractivity contribution in [1.82, 2.24) is 15.5 Å². The Morgan fingerprint density at radius 2 is 2.03 bits per heavy atom. The monoisotopic (exact) mass is 418 g/mol. The number of benzene rings is 1. The van der Waals surface area contributed by atoms with Gasteiger partial charge in [-0.05, 0) is 50.8 Å². The minimum absolute atomic E-state index is 0.187. The zero-order valence-corrected chi connectivity index (χ0v) is 18.3. The van der Waals surface area contributed by atoms with Crippen LogP contribution in [0, 0.1) is 11.7 Å². The van der Waals surface area contributed by atoms with Crippen LogP contribution in [-0.4, -0.2) is 49.0 Å². The third kappa shape index (κ3) is 6.09. The zero-order valence-electron chi connectivity index (χ0n) is 18.3. The Bertz CT molecular complexity index is 734. The summed E-state index contributed by atoms with van der Waals surface area (Å²) >= 11 is 0. The lowest BCUT2D eigenvalue weighted by Gasteiger charge is -2.26. The molecule has 1 aromatic rings. The molecule has 2 fully saturated rings. The van der Waals surface area contributed by atoms with Gasteiger partial charge in [-0.15, -0.1) is 0 Å². The molecule has 0 spiro atoms. The number of carbonyl (C=O) groups is 1. The topological polar surface area (TPSA) is 66.0 Å². The smallest absolute Gasteiger partial charge is 0.225 e. The van der Waals surface area contributed by atoms with Crippen molar-refractivity contribution in [3.63, 3.8) is 0 Å². The number of hydrogen-bond donors (Lipinski definition) is 2. The summed E-state index contributed by atoms with van der Waals surface area (Å²) in [5.74, 6) is 1.14. The van der Waals surface area contributed by atoms with Gasteiger partial charge in [0.15, 0.2) is 17.5 Å². The van der Waals surface area contributed by atoms with Crippen molar-refractivity contribution < 1.29 is 13.9 Å². The maximum Gasteiger partial charge on any atom is 0.225 e. The summed E-state index contributed by atoms with van der Waals surface area (Å²) in [5, 5.41) is 6.70. The molecule has 30 heavy (non-hydrogen) atoms. The van der Waals surface area contributed by atoms with E-state index >= 15 is 0 Å². The molecule has 7 heteroatoms. The molecule has 1 atom stereocenters. The van der Waals surface area contributed by atoms with Crippen LogP contribution >= 0.6 is 0 Å². The van der Waals surface area contributed by atoms with Crippen molar-refractivity contribution in [3.05, 3.63) is 29.6 Å². The maximum absolute atomic E-state index is 14.1. The van der Waals surface area contributed by atoms with Crippen LogP contribution in [0.2, 0.25) is 0 Å². The van der Waals surface area contributed by atoms with Crippen LogP contribution in [-0.2, 0) is 11.3 Å². The van der Waals surface area contributed by atoms with Crippen LogP contribution in [0.1, 0.15) is 57.9 Å². The van der Waals surface area contributed by atoms with Crippen molar-refractivity contribution in [1.29, 1.82) is 0 Å². The number of likely N-dealkylation sites (tertiary alicyclic amines) is 1. The van der Waals surface area contributed by atoms with E-state index in [2.05, 4.69) is 15.6 Å². The summed E-state index contributed by atoms with van der Waals surface area (Å²) in [5.41, 5.74) is 0.786. The second-order valence-electron chi connectivity index (χ2n) is 8.14. The summed E-state index contributed by atoms with van der Waals surface area (Å²) < 4.78 is 19.3. The Hall–Kier alpha value is -2.31. The first-order valence-corrected chi connectivity index (χ1v) is 11.4. The van der Waals surface area contributed by atoms with Crippen LogP contribution in [0.5, 0.6) is 5.75 Å². The molecule has 0 radical (unpaired) electrons. The van der Waals surface area contributed by atoms with Gasteiger partial charge in [0.1, 0.15) is 0 Å². The first-order valence-electron chi connectivity index (χ1n) is 11.4. The molecule has 1 saturated carbocycles. The standard InChI is InChI=1S/C23H35FN4O2/c1-3-25-23(26-15-17-10-11-21(30-4-2)20(24)14-17)27-19-12-13-28(16-19)22(29)18-8-6-5-7-9-18/h10-11,14,18-19H,3-9,12-13,15-16H2,1-2H3,(H2,25,26,27). The highest BCUT2D eigenvalue weighted by molar-refractivity contribution is 5.81. The molecule has 1 aliphatic heterocycles. The molecule has 2 aliphatic rings. The number of ether oxygens (including phenoxy) is 1. The molecule has 1 heterocycles. The number of rotatable bonds is 7. The van der Waals surface area contributed by atoms with E-state index in [0.717, 1.165) is 44.5 Å². The van der Waals surface area contributed by atoms with Crippen molar-refractivity contribution in [2.45, 2.75) is 65.0 Å². The average molecular weight is 419 g/mol. The highest BCUT2D eigenvalue weighted by Crippen LogP contribution is 2.26. The molecule has 3 rings (SSSR count). The molecule has 1 aromatic carbocycles. The fourth-order valence-electron chi connectivity index (χ4n) is 4.28. The second kappa shape index (κ2) is 11.2. The molecule has 2 N–H and O–H groups in total. The van der Waals surface area contributed by atoms with Gasteiger partial charge in [0.2, 0.25) is 5.91 Å². The lowest BCUT2D eigenvalue weighted by atomic mass is 9.88. The van der Waals surface area contributed by atoms with Gasteiger partial charge in [0.05, 0.1) is 13.2 Å². The van der Waals surface area contributed by atoms with Gasteiger partial charge in [-0.3, -0.25) is 4.79 Å². The number of amides is 1. The number of nitrogens with zero attached hydrogens (tertiary/aromatic N) is 2. The van der Waals surface area contributed by atoms with E-state index in [-0.39, 0.29) is 23.5 Å². The number of halogens is 1. The van der Waals surface area contributed by atoms with E-state index in [9.17, 15) is 9.18 Å². The Kier molecular flexibility index (Phi) is 8.34. The Labute approximate surface area is 179 Å². The summed E-state index contributed by atoms with van der Waals surface area (Å²) in [6.45, 7) is 6.91. The highest BCUT2D eigenvalue weighted by Gasteiger charge is 2.31. The SMILES string of the molecule is CCNC(=NCc1ccc(OCC)c(F)c1)NC1CCN(C(=O)C2CCCCC2)C1. The lowest BCUT2D eigenvalue weighted by molar-refractivity contribution is -0.135. The third-order valence-corrected chi connectivity index (χ3v) is 5.86. The number of carbonyl (C=O) groups excluding carboxylic acids is 1. The molecule has 1 unspecified atom stereocenters. The van der Waals surface area contributed by atoms with Gasteiger partial charge < -0.3 is 20.3 Å². The van der Waals surface area contributed by atoms with Gasteiger partial charge in [0, 0.05) is 31.6 Å². The average Bonchev–Trinajstić information content (AvgIpc) is 3.22. The van der Waals surface area contributed by atoms with E-state index in [1.165, 1.54) is 25.3 Å². The molecule has 0 bridgehead atoms. The van der Waals surface area contributed by atoms with E-state index < -0.39 is 0 Å². The first-order chi connectivity index (χ1) is 14.6. The maximum atomic E-state index is 14.1. The summed E-state index contributed by atoms with van der Waals surface area (Å²) in [7, 11) is 0. The van der Waals surface area contributed by atoms with Crippen LogP contribution in [0.25, 0.3) is 0 Å². The van der Waals surface area contributed by atoms with Gasteiger partial charge >= 0.3 is 0 Å². The summed E-state index contributed by atoms with van der Waals surface area (Å²) in [6, 6.07) is 5.14. The van der Waals surface area contributed by atoms with Gasteiger partial charge in [-0.25, -0.2) is 9.38 Å². The lowest BCUT2D eigenvalue weighted by Crippen LogP contribution is -2.45. The van der Waals surface area contributed by atoms with Crippen molar-refractivity contribution >= 4 is 11.9 Å². The highest BCUT2D eigenvalue weighted by atomic mass is 19.1. The second-order valence-corrected chi connectivity index (χ2v) is 8.14. The predicted molar refractivity (Wildman–Crippen MR) is 117 cm³/mol. The van der Waals surface area contributed by atoms with Crippen molar-refractivity contribution in [3.8, 4) is 5.75 Å². The van der Waals surface area contributed by atoms with Gasteiger partial charge in [-0.1, -0.05) is 25.3 Å². The molecule has 1 saturated heterocycles. The Balaban J connectivity index is 1.55. The number of nitrogens with one attached hydrogen (secondary N) is 2. The molecular weight excluding hydrogens is 383 g/mol. The van der Waals surface area contributed by atoms with E-state index in [1.807, 2.05) is 24.8 Å². The zero-order chi connectivity index (χ0) is 21.3. The van der Waals surface area contributed by atoms with Crippen LogP contribution in [0.15, 0.2) is 23.2 Å². The largest absolute Gasteiger partial charge is 0.491 e. The summed E-state index contributed by atoms with van der Waals surface area (Å²) in [4.78, 5) is 19.4. The van der Waals surface area contributed by atoms with Crippen LogP contribution in [0.4, 0.5) is 4.39 Å². The normalized spacial score (nSPS) is 20.3. The van der Waals surface area contributed by atoms with Crippen LogP contribution < -0.4 is 15.4 Å². The fourth-order valence-corrected chi connectivity index (χ4v) is 4.28. The number of hydrogen-bond acceptors (Lipinski definition) is 3. The van der Waals surface area contributed by atoms with Gasteiger partial charge in [0.25, 0.3) is 0 Å². The number of aliphatic imine (C=N–C) groups is 1. The first kappa shape index (κ1) is 22.4. The predicted octanol–water partition coefficient (Wildman–Crippen LogP) is 3.46. The quantitative estimate of drug-likeness (QED) is 0.526. The Morgan fingerprint density at radius 3 is 2.73 bits per heavy atom. The van der Waals surface area contributed by atoms with E-state index in [1.54, 1.807) is 6.07 Å². The molecule has 6 nitrogen and oxygen atoms in total. The van der Waals surface area contributed by atoms with Crippen molar-refractivity contribution in [2.75, 3.05) is 26.2 Å². The fraction of sp³-hybridized carbons (Fsp3) is 0.652.